The van der Waals surface area contributed by atoms with Gasteiger partial charge in [0.1, 0.15) is 0 Å². The van der Waals surface area contributed by atoms with E-state index in [1.54, 1.807) is 0 Å². The Kier molecular flexibility index (Phi) is 3.80. The lowest BCUT2D eigenvalue weighted by atomic mass is 9.88. The summed E-state index contributed by atoms with van der Waals surface area (Å²) in [5.41, 5.74) is 4.86. The molecule has 0 aromatic heterocycles. The zero-order chi connectivity index (χ0) is 14.0. The average molecular weight is 272 g/mol. The largest absolute Gasteiger partial charge is 0.416 e. The normalized spacial score (nSPS) is 17.4. The van der Waals surface area contributed by atoms with Crippen LogP contribution in [0.4, 0.5) is 18.9 Å². The number of Topliss-reactive ketones (excluding diaryl/α,β-unsaturated/α-hetero) is 1. The van der Waals surface area contributed by atoms with Gasteiger partial charge in [0.2, 0.25) is 0 Å². The lowest BCUT2D eigenvalue weighted by Gasteiger charge is -2.22. The molecular weight excluding hydrogens is 257 g/mol. The molecule has 1 aromatic carbocycles. The number of hydrogen-bond donors (Lipinski definition) is 2. The van der Waals surface area contributed by atoms with Gasteiger partial charge in [-0.3, -0.25) is 4.79 Å². The first-order chi connectivity index (χ1) is 8.89. The topological polar surface area (TPSA) is 55.1 Å². The van der Waals surface area contributed by atoms with E-state index < -0.39 is 11.7 Å². The average Bonchev–Trinajstić information content (AvgIpc) is 2.38. The first kappa shape index (κ1) is 13.9. The van der Waals surface area contributed by atoms with Crippen LogP contribution in [0.2, 0.25) is 0 Å². The Morgan fingerprint density at radius 2 is 1.89 bits per heavy atom. The molecule has 1 saturated heterocycles. The second-order valence-electron chi connectivity index (χ2n) is 4.69. The Balaban J connectivity index is 2.23. The van der Waals surface area contributed by atoms with Crippen LogP contribution in [0, 0.1) is 5.92 Å². The summed E-state index contributed by atoms with van der Waals surface area (Å²) >= 11 is 0. The Labute approximate surface area is 109 Å². The Bertz CT molecular complexity index is 479. The van der Waals surface area contributed by atoms with Crippen molar-refractivity contribution in [3.8, 4) is 0 Å². The molecule has 0 radical (unpaired) electrons. The molecule has 19 heavy (non-hydrogen) atoms. The fourth-order valence-corrected chi connectivity index (χ4v) is 2.27. The van der Waals surface area contributed by atoms with Crippen molar-refractivity contribution in [2.45, 2.75) is 19.0 Å². The number of hydrogen-bond acceptors (Lipinski definition) is 3. The third-order valence-corrected chi connectivity index (χ3v) is 3.35. The van der Waals surface area contributed by atoms with Crippen molar-refractivity contribution in [1.82, 2.24) is 5.32 Å². The van der Waals surface area contributed by atoms with Crippen LogP contribution in [-0.2, 0) is 6.18 Å². The zero-order valence-electron chi connectivity index (χ0n) is 10.3. The Morgan fingerprint density at radius 1 is 1.26 bits per heavy atom. The summed E-state index contributed by atoms with van der Waals surface area (Å²) in [5.74, 6) is -0.312. The van der Waals surface area contributed by atoms with Crippen molar-refractivity contribution >= 4 is 11.5 Å². The number of carbonyl (C=O) groups is 1. The van der Waals surface area contributed by atoms with Crippen molar-refractivity contribution in [2.24, 2.45) is 5.92 Å². The Hall–Kier alpha value is -1.56. The molecule has 1 aromatic rings. The van der Waals surface area contributed by atoms with Crippen LogP contribution in [0.1, 0.15) is 28.8 Å². The molecule has 1 fully saturated rings. The summed E-state index contributed by atoms with van der Waals surface area (Å²) in [4.78, 5) is 12.2. The highest BCUT2D eigenvalue weighted by Crippen LogP contribution is 2.32. The van der Waals surface area contributed by atoms with Gasteiger partial charge < -0.3 is 11.1 Å². The van der Waals surface area contributed by atoms with Crippen LogP contribution >= 0.6 is 0 Å². The van der Waals surface area contributed by atoms with Crippen molar-refractivity contribution in [2.75, 3.05) is 18.8 Å². The van der Waals surface area contributed by atoms with Gasteiger partial charge in [0, 0.05) is 17.2 Å². The van der Waals surface area contributed by atoms with Crippen LogP contribution in [0.15, 0.2) is 18.2 Å². The molecule has 1 aliphatic heterocycles. The molecule has 0 unspecified atom stereocenters. The van der Waals surface area contributed by atoms with E-state index in [9.17, 15) is 18.0 Å². The smallest absolute Gasteiger partial charge is 0.398 e. The summed E-state index contributed by atoms with van der Waals surface area (Å²) in [6, 6.07) is 2.92. The molecule has 0 amide bonds. The van der Waals surface area contributed by atoms with Gasteiger partial charge in [-0.2, -0.15) is 13.2 Å². The predicted octanol–water partition coefficient (Wildman–Crippen LogP) is 2.47. The third kappa shape index (κ3) is 3.07. The number of nitrogen functional groups attached to an aromatic ring is 1. The number of carbonyl (C=O) groups excluding carboxylic acids is 1. The number of nitrogens with one attached hydrogen (secondary N) is 1. The molecule has 3 N–H and O–H groups in total. The minimum absolute atomic E-state index is 0.0987. The molecule has 3 nitrogen and oxygen atoms in total. The van der Waals surface area contributed by atoms with Crippen LogP contribution in [0.3, 0.4) is 0 Å². The van der Waals surface area contributed by atoms with Crippen molar-refractivity contribution in [1.29, 1.82) is 0 Å². The van der Waals surface area contributed by atoms with E-state index >= 15 is 0 Å². The van der Waals surface area contributed by atoms with Gasteiger partial charge in [0.15, 0.2) is 5.78 Å². The lowest BCUT2D eigenvalue weighted by Crippen LogP contribution is -2.32. The molecule has 0 aliphatic carbocycles. The van der Waals surface area contributed by atoms with E-state index in [1.165, 1.54) is 6.07 Å². The summed E-state index contributed by atoms with van der Waals surface area (Å²) in [6.45, 7) is 1.49. The number of anilines is 1. The minimum atomic E-state index is -4.44. The second kappa shape index (κ2) is 5.21. The van der Waals surface area contributed by atoms with E-state index in [4.69, 9.17) is 5.73 Å². The summed E-state index contributed by atoms with van der Waals surface area (Å²) in [7, 11) is 0. The number of benzene rings is 1. The van der Waals surface area contributed by atoms with Gasteiger partial charge in [0.05, 0.1) is 5.56 Å². The fourth-order valence-electron chi connectivity index (χ4n) is 2.27. The second-order valence-corrected chi connectivity index (χ2v) is 4.69. The van der Waals surface area contributed by atoms with Gasteiger partial charge in [-0.15, -0.1) is 0 Å². The van der Waals surface area contributed by atoms with Crippen molar-refractivity contribution in [3.63, 3.8) is 0 Å². The fraction of sp³-hybridized carbons (Fsp3) is 0.462. The SMILES string of the molecule is Nc1cc(C(F)(F)F)ccc1C(=O)C1CCNCC1. The number of alkyl halides is 3. The number of halogens is 3. The monoisotopic (exact) mass is 272 g/mol. The summed E-state index contributed by atoms with van der Waals surface area (Å²) in [5, 5.41) is 3.13. The number of rotatable bonds is 2. The molecule has 1 aliphatic rings. The number of ketones is 1. The molecule has 6 heteroatoms. The maximum Gasteiger partial charge on any atom is 0.416 e. The van der Waals surface area contributed by atoms with E-state index in [-0.39, 0.29) is 23.0 Å². The summed E-state index contributed by atoms with van der Waals surface area (Å²) < 4.78 is 37.5. The van der Waals surface area contributed by atoms with Gasteiger partial charge in [0.25, 0.3) is 0 Å². The van der Waals surface area contributed by atoms with Crippen molar-refractivity contribution in [3.05, 3.63) is 29.3 Å². The van der Waals surface area contributed by atoms with Gasteiger partial charge in [-0.1, -0.05) is 0 Å². The zero-order valence-corrected chi connectivity index (χ0v) is 10.3. The van der Waals surface area contributed by atoms with Crippen LogP contribution in [-0.4, -0.2) is 18.9 Å². The van der Waals surface area contributed by atoms with Crippen LogP contribution in [0.25, 0.3) is 0 Å². The highest BCUT2D eigenvalue weighted by atomic mass is 19.4. The highest BCUT2D eigenvalue weighted by molar-refractivity contribution is 6.02. The lowest BCUT2D eigenvalue weighted by molar-refractivity contribution is -0.137. The van der Waals surface area contributed by atoms with Gasteiger partial charge >= 0.3 is 6.18 Å². The van der Waals surface area contributed by atoms with Crippen molar-refractivity contribution < 1.29 is 18.0 Å². The molecule has 0 spiro atoms. The predicted molar refractivity (Wildman–Crippen MR) is 65.8 cm³/mol. The molecule has 0 atom stereocenters. The molecule has 0 saturated carbocycles. The summed E-state index contributed by atoms with van der Waals surface area (Å²) in [6.07, 6.45) is -3.05. The Morgan fingerprint density at radius 3 is 2.42 bits per heavy atom. The molecule has 104 valence electrons. The van der Waals surface area contributed by atoms with Crippen LogP contribution < -0.4 is 11.1 Å². The van der Waals surface area contributed by atoms with E-state index in [0.29, 0.717) is 12.8 Å². The molecule has 1 heterocycles. The highest BCUT2D eigenvalue weighted by Gasteiger charge is 2.32. The quantitative estimate of drug-likeness (QED) is 0.642. The number of piperidine rings is 1. The van der Waals surface area contributed by atoms with Gasteiger partial charge in [-0.25, -0.2) is 0 Å². The number of nitrogens with two attached hydrogens (primary N) is 1. The maximum absolute atomic E-state index is 12.5. The van der Waals surface area contributed by atoms with E-state index in [2.05, 4.69) is 5.32 Å². The minimum Gasteiger partial charge on any atom is -0.398 e. The third-order valence-electron chi connectivity index (χ3n) is 3.35. The van der Waals surface area contributed by atoms with Crippen LogP contribution in [0.5, 0.6) is 0 Å². The first-order valence-corrected chi connectivity index (χ1v) is 6.11. The van der Waals surface area contributed by atoms with E-state index in [0.717, 1.165) is 25.2 Å². The molecular formula is C13H15F3N2O. The maximum atomic E-state index is 12.5. The first-order valence-electron chi connectivity index (χ1n) is 6.11. The molecule has 0 bridgehead atoms. The van der Waals surface area contributed by atoms with E-state index in [1.807, 2.05) is 0 Å². The standard InChI is InChI=1S/C13H15F3N2O/c14-13(15,16)9-1-2-10(11(17)7-9)12(19)8-3-5-18-6-4-8/h1-2,7-8,18H,3-6,17H2. The molecule has 2 rings (SSSR count). The van der Waals surface area contributed by atoms with Gasteiger partial charge in [-0.05, 0) is 44.1 Å².